The molecule has 0 amide bonds. The van der Waals surface area contributed by atoms with Gasteiger partial charge in [0, 0.05) is 6.07 Å². The van der Waals surface area contributed by atoms with E-state index in [1.807, 2.05) is 0 Å². The lowest BCUT2D eigenvalue weighted by molar-refractivity contribution is -0.139. The average Bonchev–Trinajstić information content (AvgIpc) is 2.74. The van der Waals surface area contributed by atoms with Crippen LogP contribution in [-0.4, -0.2) is 34.3 Å². The van der Waals surface area contributed by atoms with Crippen LogP contribution in [0.15, 0.2) is 41.2 Å². The number of nitrogens with two attached hydrogens (primary N) is 2. The third kappa shape index (κ3) is 4.90. The van der Waals surface area contributed by atoms with Crippen molar-refractivity contribution in [1.82, 2.24) is 9.97 Å². The van der Waals surface area contributed by atoms with Crippen molar-refractivity contribution >= 4 is 17.5 Å². The highest BCUT2D eigenvalue weighted by molar-refractivity contribution is 5.75. The first-order chi connectivity index (χ1) is 14.8. The topological polar surface area (TPSA) is 166 Å². The average molecular weight is 429 g/mol. The quantitative estimate of drug-likeness (QED) is 0.266. The number of benzene rings is 2. The third-order valence-electron chi connectivity index (χ3n) is 4.20. The molecule has 162 valence electrons. The summed E-state index contributed by atoms with van der Waals surface area (Å²) in [4.78, 5) is 29.6. The summed E-state index contributed by atoms with van der Waals surface area (Å²) in [5, 5.41) is 8.75. The minimum Gasteiger partial charge on any atom is -0.493 e. The first-order valence-electron chi connectivity index (χ1n) is 9.11. The number of rotatable bonds is 8. The molecule has 31 heavy (non-hydrogen) atoms. The first kappa shape index (κ1) is 21.6. The molecule has 3 aromatic rings. The Kier molecular flexibility index (Phi) is 6.36. The van der Waals surface area contributed by atoms with Crippen molar-refractivity contribution in [3.63, 3.8) is 0 Å². The maximum absolute atomic E-state index is 14.1. The van der Waals surface area contributed by atoms with Crippen molar-refractivity contribution in [3.05, 3.63) is 52.6 Å². The molecule has 0 aliphatic carbocycles. The Morgan fingerprint density at radius 2 is 2.00 bits per heavy atom. The molecule has 1 aromatic heterocycles. The molecular formula is C20H20FN5O5. The third-order valence-corrected chi connectivity index (χ3v) is 4.20. The molecule has 0 aliphatic heterocycles. The van der Waals surface area contributed by atoms with E-state index in [-0.39, 0.29) is 23.1 Å². The van der Waals surface area contributed by atoms with Crippen molar-refractivity contribution in [3.8, 4) is 34.0 Å². The van der Waals surface area contributed by atoms with Gasteiger partial charge in [0.05, 0.1) is 12.2 Å². The van der Waals surface area contributed by atoms with Crippen LogP contribution in [0.4, 0.5) is 15.9 Å². The second-order valence-corrected chi connectivity index (χ2v) is 6.32. The van der Waals surface area contributed by atoms with Crippen molar-refractivity contribution in [2.24, 2.45) is 5.84 Å². The molecule has 0 saturated carbocycles. The fourth-order valence-corrected chi connectivity index (χ4v) is 2.85. The van der Waals surface area contributed by atoms with Crippen LogP contribution in [0.25, 0.3) is 22.5 Å². The number of ether oxygens (including phenoxy) is 2. The maximum atomic E-state index is 14.1. The molecule has 0 bridgehead atoms. The fraction of sp³-hybridized carbons (Fsp3) is 0.150. The number of anilines is 2. The van der Waals surface area contributed by atoms with E-state index < -0.39 is 24.0 Å². The zero-order valence-corrected chi connectivity index (χ0v) is 16.4. The van der Waals surface area contributed by atoms with Crippen LogP contribution in [0.2, 0.25) is 0 Å². The molecular weight excluding hydrogens is 409 g/mol. The van der Waals surface area contributed by atoms with Crippen LogP contribution in [0.1, 0.15) is 6.92 Å². The number of aromatic amines is 1. The molecule has 11 heteroatoms. The van der Waals surface area contributed by atoms with Gasteiger partial charge in [0.1, 0.15) is 28.8 Å². The summed E-state index contributed by atoms with van der Waals surface area (Å²) in [5.41, 5.74) is 8.65. The van der Waals surface area contributed by atoms with E-state index in [9.17, 15) is 14.0 Å². The maximum Gasteiger partial charge on any atom is 0.341 e. The Hall–Kier alpha value is -4.12. The van der Waals surface area contributed by atoms with Crippen molar-refractivity contribution in [1.29, 1.82) is 0 Å². The van der Waals surface area contributed by atoms with Gasteiger partial charge < -0.3 is 30.7 Å². The van der Waals surface area contributed by atoms with E-state index in [1.165, 1.54) is 12.1 Å². The summed E-state index contributed by atoms with van der Waals surface area (Å²) in [6.45, 7) is 1.50. The van der Waals surface area contributed by atoms with Gasteiger partial charge in [0.15, 0.2) is 12.4 Å². The summed E-state index contributed by atoms with van der Waals surface area (Å²) in [6.07, 6.45) is 0. The van der Waals surface area contributed by atoms with Crippen molar-refractivity contribution in [2.45, 2.75) is 6.92 Å². The van der Waals surface area contributed by atoms with Crippen LogP contribution in [0, 0.1) is 5.82 Å². The Labute approximate surface area is 175 Å². The predicted octanol–water partition coefficient (Wildman–Crippen LogP) is 1.97. The number of halogens is 1. The number of aromatic nitrogens is 2. The smallest absolute Gasteiger partial charge is 0.341 e. The molecule has 7 N–H and O–H groups in total. The zero-order chi connectivity index (χ0) is 22.5. The molecule has 0 atom stereocenters. The van der Waals surface area contributed by atoms with Crippen molar-refractivity contribution in [2.75, 3.05) is 24.4 Å². The van der Waals surface area contributed by atoms with Gasteiger partial charge in [-0.2, -0.15) is 0 Å². The number of H-pyrrole nitrogens is 1. The molecule has 0 radical (unpaired) electrons. The highest BCUT2D eigenvalue weighted by atomic mass is 19.1. The van der Waals surface area contributed by atoms with Gasteiger partial charge in [-0.3, -0.25) is 4.79 Å². The van der Waals surface area contributed by atoms with E-state index in [1.54, 1.807) is 25.1 Å². The van der Waals surface area contributed by atoms with E-state index in [4.69, 9.17) is 26.2 Å². The largest absolute Gasteiger partial charge is 0.493 e. The number of hydrogen-bond acceptors (Lipinski definition) is 8. The van der Waals surface area contributed by atoms with Gasteiger partial charge in [-0.1, -0.05) is 6.07 Å². The Balaban J connectivity index is 2.07. The lowest BCUT2D eigenvalue weighted by Gasteiger charge is -2.14. The zero-order valence-electron chi connectivity index (χ0n) is 16.4. The second-order valence-electron chi connectivity index (χ2n) is 6.32. The minimum absolute atomic E-state index is 0.00984. The van der Waals surface area contributed by atoms with Crippen molar-refractivity contribution < 1.29 is 23.8 Å². The Bertz CT molecular complexity index is 1180. The Morgan fingerprint density at radius 1 is 1.23 bits per heavy atom. The summed E-state index contributed by atoms with van der Waals surface area (Å²) >= 11 is 0. The molecule has 0 spiro atoms. The molecule has 0 fully saturated rings. The van der Waals surface area contributed by atoms with Gasteiger partial charge >= 0.3 is 5.97 Å². The molecule has 2 aromatic carbocycles. The Morgan fingerprint density at radius 3 is 2.68 bits per heavy atom. The van der Waals surface area contributed by atoms with Crippen LogP contribution in [-0.2, 0) is 4.79 Å². The first-order valence-corrected chi connectivity index (χ1v) is 9.11. The van der Waals surface area contributed by atoms with Crippen LogP contribution in [0.3, 0.4) is 0 Å². The molecule has 0 aliphatic rings. The number of carboxylic acid groups (broad SMARTS) is 1. The highest BCUT2D eigenvalue weighted by Crippen LogP contribution is 2.34. The van der Waals surface area contributed by atoms with Crippen LogP contribution < -0.4 is 32.0 Å². The molecule has 0 saturated heterocycles. The normalized spacial score (nSPS) is 10.5. The number of nitrogens with zero attached hydrogens (tertiary/aromatic N) is 1. The van der Waals surface area contributed by atoms with E-state index >= 15 is 0 Å². The predicted molar refractivity (Wildman–Crippen MR) is 112 cm³/mol. The SMILES string of the molecule is CCOc1cc(-c2cc(F)cc(OCC(=O)O)c2)ccc1-c1nc(NN)c(N)c(=O)[nH]1. The molecule has 1 heterocycles. The number of nitrogen functional groups attached to an aromatic ring is 2. The van der Waals surface area contributed by atoms with Gasteiger partial charge in [0.25, 0.3) is 5.56 Å². The highest BCUT2D eigenvalue weighted by Gasteiger charge is 2.15. The number of carbonyl (C=O) groups is 1. The van der Waals surface area contributed by atoms with Crippen LogP contribution >= 0.6 is 0 Å². The number of aliphatic carboxylic acids is 1. The van der Waals surface area contributed by atoms with Gasteiger partial charge in [0.2, 0.25) is 0 Å². The summed E-state index contributed by atoms with van der Waals surface area (Å²) in [6, 6.07) is 8.82. The second kappa shape index (κ2) is 9.13. The van der Waals surface area contributed by atoms with E-state index in [2.05, 4.69) is 15.4 Å². The number of carboxylic acids is 1. The monoisotopic (exact) mass is 429 g/mol. The lowest BCUT2D eigenvalue weighted by atomic mass is 10.0. The molecule has 3 rings (SSSR count). The van der Waals surface area contributed by atoms with E-state index in [0.29, 0.717) is 29.0 Å². The number of hydrazine groups is 1. The summed E-state index contributed by atoms with van der Waals surface area (Å²) in [5.74, 6) is 4.23. The lowest BCUT2D eigenvalue weighted by Crippen LogP contribution is -2.20. The van der Waals surface area contributed by atoms with Gasteiger partial charge in [-0.15, -0.1) is 0 Å². The summed E-state index contributed by atoms with van der Waals surface area (Å²) < 4.78 is 24.8. The van der Waals surface area contributed by atoms with Crippen LogP contribution in [0.5, 0.6) is 11.5 Å². The number of hydrogen-bond donors (Lipinski definition) is 5. The van der Waals surface area contributed by atoms with Gasteiger partial charge in [-0.25, -0.2) is 20.0 Å². The minimum atomic E-state index is -1.18. The number of nitrogens with one attached hydrogen (secondary N) is 2. The molecule has 0 unspecified atom stereocenters. The molecule has 10 nitrogen and oxygen atoms in total. The van der Waals surface area contributed by atoms with Gasteiger partial charge in [-0.05, 0) is 42.3 Å². The fourth-order valence-electron chi connectivity index (χ4n) is 2.85. The summed E-state index contributed by atoms with van der Waals surface area (Å²) in [7, 11) is 0. The standard InChI is InChI=1S/C20H20FN5O5/c1-2-30-15-7-10(11-5-12(21)8-13(6-11)31-9-16(27)28)3-4-14(15)18-24-19(26-23)17(22)20(29)25-18/h3-8H,2,9,22-23H2,1H3,(H,27,28)(H2,24,25,26,29). The van der Waals surface area contributed by atoms with E-state index in [0.717, 1.165) is 6.07 Å².